The van der Waals surface area contributed by atoms with Gasteiger partial charge in [-0.1, -0.05) is 60.1 Å². The van der Waals surface area contributed by atoms with Crippen molar-refractivity contribution in [2.45, 2.75) is 25.8 Å². The summed E-state index contributed by atoms with van der Waals surface area (Å²) in [6.45, 7) is 2.94. The van der Waals surface area contributed by atoms with E-state index in [0.717, 1.165) is 39.7 Å². The molecule has 0 saturated carbocycles. The number of aromatic nitrogens is 1. The van der Waals surface area contributed by atoms with Crippen LogP contribution in [0.15, 0.2) is 72.8 Å². The third-order valence-electron chi connectivity index (χ3n) is 6.50. The van der Waals surface area contributed by atoms with Crippen molar-refractivity contribution < 1.29 is 9.59 Å². The van der Waals surface area contributed by atoms with Crippen molar-refractivity contribution >= 4 is 34.3 Å². The van der Waals surface area contributed by atoms with Crippen molar-refractivity contribution in [2.24, 2.45) is 0 Å². The van der Waals surface area contributed by atoms with E-state index >= 15 is 0 Å². The first-order valence-electron chi connectivity index (χ1n) is 11.5. The Morgan fingerprint density at radius 1 is 1.03 bits per heavy atom. The molecule has 1 atom stereocenters. The van der Waals surface area contributed by atoms with Crippen molar-refractivity contribution in [3.05, 3.63) is 106 Å². The van der Waals surface area contributed by atoms with Gasteiger partial charge in [-0.3, -0.25) is 9.59 Å². The third kappa shape index (κ3) is 4.19. The van der Waals surface area contributed by atoms with Gasteiger partial charge in [-0.2, -0.15) is 0 Å². The lowest BCUT2D eigenvalue weighted by Crippen LogP contribution is -2.34. The molecule has 34 heavy (non-hydrogen) atoms. The number of H-pyrrole nitrogens is 1. The van der Waals surface area contributed by atoms with E-state index in [1.165, 1.54) is 0 Å². The Morgan fingerprint density at radius 2 is 1.76 bits per heavy atom. The number of benzene rings is 3. The molecule has 0 fully saturated rings. The number of hydrogen-bond donors (Lipinski definition) is 2. The monoisotopic (exact) mass is 471 g/mol. The Labute approximate surface area is 203 Å². The molecule has 0 unspecified atom stereocenters. The predicted octanol–water partition coefficient (Wildman–Crippen LogP) is 5.42. The molecule has 172 valence electrons. The van der Waals surface area contributed by atoms with E-state index in [4.69, 9.17) is 11.6 Å². The van der Waals surface area contributed by atoms with Gasteiger partial charge in [0.2, 0.25) is 5.91 Å². The van der Waals surface area contributed by atoms with Gasteiger partial charge in [0.15, 0.2) is 0 Å². The van der Waals surface area contributed by atoms with Crippen LogP contribution in [-0.2, 0) is 11.2 Å². The minimum Gasteiger partial charge on any atom is -0.358 e. The summed E-state index contributed by atoms with van der Waals surface area (Å²) in [5, 5.41) is 4.78. The smallest absolute Gasteiger partial charge is 0.255 e. The second-order valence-corrected chi connectivity index (χ2v) is 9.11. The fourth-order valence-electron chi connectivity index (χ4n) is 4.87. The van der Waals surface area contributed by atoms with Crippen LogP contribution in [0.3, 0.4) is 0 Å². The summed E-state index contributed by atoms with van der Waals surface area (Å²) in [6.07, 6.45) is 0.979. The Bertz CT molecular complexity index is 1360. The van der Waals surface area contributed by atoms with Crippen molar-refractivity contribution in [1.29, 1.82) is 0 Å². The highest BCUT2D eigenvalue weighted by molar-refractivity contribution is 6.30. The van der Waals surface area contributed by atoms with Gasteiger partial charge in [-0.15, -0.1) is 0 Å². The molecule has 3 aromatic carbocycles. The van der Waals surface area contributed by atoms with Crippen LogP contribution < -0.4 is 5.32 Å². The van der Waals surface area contributed by atoms with E-state index in [1.54, 1.807) is 0 Å². The van der Waals surface area contributed by atoms with Crippen LogP contribution in [0, 0.1) is 6.92 Å². The zero-order valence-electron chi connectivity index (χ0n) is 19.0. The van der Waals surface area contributed by atoms with Crippen molar-refractivity contribution in [3.63, 3.8) is 0 Å². The van der Waals surface area contributed by atoms with Gasteiger partial charge in [-0.25, -0.2) is 0 Å². The zero-order chi connectivity index (χ0) is 23.7. The topological polar surface area (TPSA) is 65.2 Å². The van der Waals surface area contributed by atoms with Gasteiger partial charge < -0.3 is 15.2 Å². The van der Waals surface area contributed by atoms with E-state index in [-0.39, 0.29) is 24.3 Å². The average Bonchev–Trinajstić information content (AvgIpc) is 3.31. The number of amides is 2. The van der Waals surface area contributed by atoms with Gasteiger partial charge in [0.1, 0.15) is 0 Å². The van der Waals surface area contributed by atoms with Crippen molar-refractivity contribution in [1.82, 2.24) is 15.2 Å². The van der Waals surface area contributed by atoms with Crippen molar-refractivity contribution in [2.75, 3.05) is 13.1 Å². The van der Waals surface area contributed by atoms with Crippen molar-refractivity contribution in [3.8, 4) is 0 Å². The first-order valence-corrected chi connectivity index (χ1v) is 11.9. The van der Waals surface area contributed by atoms with Crippen LogP contribution in [0.25, 0.3) is 10.9 Å². The molecule has 6 heteroatoms. The maximum atomic E-state index is 13.4. The Kier molecular flexibility index (Phi) is 6.12. The summed E-state index contributed by atoms with van der Waals surface area (Å²) in [4.78, 5) is 31.3. The van der Waals surface area contributed by atoms with Gasteiger partial charge in [0.25, 0.3) is 5.91 Å². The summed E-state index contributed by atoms with van der Waals surface area (Å²) in [6, 6.07) is 23.3. The predicted molar refractivity (Wildman–Crippen MR) is 135 cm³/mol. The van der Waals surface area contributed by atoms with E-state index in [0.29, 0.717) is 23.7 Å². The van der Waals surface area contributed by atoms with Crippen LogP contribution in [0.1, 0.15) is 45.2 Å². The molecule has 5 rings (SSSR count). The van der Waals surface area contributed by atoms with E-state index in [2.05, 4.69) is 16.4 Å². The SMILES string of the molecule is Cc1[nH]c2ccccc2c1[C@@H]1c2ccccc2C(=O)N1CCC(=O)NCCc1ccc(Cl)cc1. The Balaban J connectivity index is 1.33. The first kappa shape index (κ1) is 22.2. The number of halogens is 1. The van der Waals surface area contributed by atoms with Crippen LogP contribution in [0.5, 0.6) is 0 Å². The normalized spacial score (nSPS) is 15.1. The second-order valence-electron chi connectivity index (χ2n) is 8.67. The fourth-order valence-corrected chi connectivity index (χ4v) is 5.00. The number of aromatic amines is 1. The van der Waals surface area contributed by atoms with E-state index < -0.39 is 0 Å². The number of carbonyl (C=O) groups is 2. The first-order chi connectivity index (χ1) is 16.5. The van der Waals surface area contributed by atoms with E-state index in [9.17, 15) is 9.59 Å². The standard InChI is InChI=1S/C28H26ClN3O2/c1-18-26(23-8-4-5-9-24(23)31-18)27-21-6-2-3-7-22(21)28(34)32(27)17-15-25(33)30-16-14-19-10-12-20(29)13-11-19/h2-13,27,31H,14-17H2,1H3,(H,30,33)/t27-/m0/s1. The molecule has 1 aromatic heterocycles. The molecule has 0 aliphatic carbocycles. The number of rotatable bonds is 7. The van der Waals surface area contributed by atoms with Crippen LogP contribution in [0.2, 0.25) is 5.02 Å². The number of carbonyl (C=O) groups excluding carboxylic acids is 2. The minimum absolute atomic E-state index is 0.0285. The second kappa shape index (κ2) is 9.35. The molecule has 1 aliphatic heterocycles. The molecule has 0 bridgehead atoms. The van der Waals surface area contributed by atoms with Gasteiger partial charge in [-0.05, 0) is 48.7 Å². The largest absolute Gasteiger partial charge is 0.358 e. The number of hydrogen-bond acceptors (Lipinski definition) is 2. The lowest BCUT2D eigenvalue weighted by molar-refractivity contribution is -0.121. The summed E-state index contributed by atoms with van der Waals surface area (Å²) >= 11 is 5.93. The molecule has 1 aliphatic rings. The molecule has 2 heterocycles. The van der Waals surface area contributed by atoms with E-state index in [1.807, 2.05) is 78.6 Å². The highest BCUT2D eigenvalue weighted by Gasteiger charge is 2.39. The highest BCUT2D eigenvalue weighted by Crippen LogP contribution is 2.42. The summed E-state index contributed by atoms with van der Waals surface area (Å²) in [5.41, 5.74) is 5.99. The third-order valence-corrected chi connectivity index (χ3v) is 6.76. The Hall–Kier alpha value is -3.57. The number of fused-ring (bicyclic) bond motifs is 2. The minimum atomic E-state index is -0.221. The van der Waals surface area contributed by atoms with Gasteiger partial charge >= 0.3 is 0 Å². The van der Waals surface area contributed by atoms with Crippen LogP contribution in [0.4, 0.5) is 0 Å². The van der Waals surface area contributed by atoms with Crippen LogP contribution >= 0.6 is 11.6 Å². The highest BCUT2D eigenvalue weighted by atomic mass is 35.5. The zero-order valence-corrected chi connectivity index (χ0v) is 19.7. The Morgan fingerprint density at radius 3 is 2.59 bits per heavy atom. The fraction of sp³-hybridized carbons (Fsp3) is 0.214. The number of nitrogens with zero attached hydrogens (tertiary/aromatic N) is 1. The quantitative estimate of drug-likeness (QED) is 0.377. The summed E-state index contributed by atoms with van der Waals surface area (Å²) in [7, 11) is 0. The molecular formula is C28H26ClN3O2. The molecule has 0 saturated heterocycles. The molecular weight excluding hydrogens is 446 g/mol. The van der Waals surface area contributed by atoms with Gasteiger partial charge in [0, 0.05) is 52.3 Å². The maximum absolute atomic E-state index is 13.4. The lowest BCUT2D eigenvalue weighted by Gasteiger charge is -2.26. The number of aryl methyl sites for hydroxylation is 1. The number of para-hydroxylation sites is 1. The average molecular weight is 472 g/mol. The summed E-state index contributed by atoms with van der Waals surface area (Å²) < 4.78 is 0. The molecule has 5 nitrogen and oxygen atoms in total. The molecule has 4 aromatic rings. The maximum Gasteiger partial charge on any atom is 0.255 e. The molecule has 2 amide bonds. The molecule has 2 N–H and O–H groups in total. The summed E-state index contributed by atoms with van der Waals surface area (Å²) in [5.74, 6) is -0.0913. The molecule has 0 radical (unpaired) electrons. The van der Waals surface area contributed by atoms with Crippen LogP contribution in [-0.4, -0.2) is 34.8 Å². The molecule has 0 spiro atoms. The lowest BCUT2D eigenvalue weighted by atomic mass is 9.95. The number of nitrogens with one attached hydrogen (secondary N) is 2. The van der Waals surface area contributed by atoms with Gasteiger partial charge in [0.05, 0.1) is 6.04 Å².